The quantitative estimate of drug-likeness (QED) is 0.753. The number of thiazole rings is 1. The molecule has 0 aliphatic heterocycles. The van der Waals surface area contributed by atoms with Gasteiger partial charge in [-0.1, -0.05) is 41.2 Å². The average molecular weight is 349 g/mol. The summed E-state index contributed by atoms with van der Waals surface area (Å²) < 4.78 is 0.901. The summed E-state index contributed by atoms with van der Waals surface area (Å²) in [5.41, 5.74) is 8.28. The summed E-state index contributed by atoms with van der Waals surface area (Å²) in [5.74, 6) is -0.221. The lowest BCUT2D eigenvalue weighted by atomic mass is 10.1. The Hall–Kier alpha value is -1.86. The Morgan fingerprint density at radius 1 is 1.26 bits per heavy atom. The van der Waals surface area contributed by atoms with Crippen molar-refractivity contribution in [3.8, 4) is 0 Å². The average Bonchev–Trinajstić information content (AvgIpc) is 2.84. The molecule has 0 saturated carbocycles. The fourth-order valence-electron chi connectivity index (χ4n) is 1.90. The zero-order chi connectivity index (χ0) is 16.8. The number of aromatic nitrogens is 1. The molecule has 5 nitrogen and oxygen atoms in total. The van der Waals surface area contributed by atoms with Crippen LogP contribution < -0.4 is 11.1 Å². The number of nitrogens with one attached hydrogen (secondary N) is 1. The van der Waals surface area contributed by atoms with Crippen LogP contribution in [0.3, 0.4) is 0 Å². The summed E-state index contributed by atoms with van der Waals surface area (Å²) in [4.78, 5) is 27.1. The van der Waals surface area contributed by atoms with Crippen molar-refractivity contribution in [2.24, 2.45) is 5.73 Å². The molecule has 3 N–H and O–H groups in total. The fraction of sp³-hybridized carbons (Fsp3) is 0.312. The molecule has 1 aromatic heterocycles. The van der Waals surface area contributed by atoms with Gasteiger partial charge in [0.05, 0.1) is 15.7 Å². The number of hydrogen-bond acceptors (Lipinski definition) is 5. The molecule has 0 bridgehead atoms. The summed E-state index contributed by atoms with van der Waals surface area (Å²) >= 11 is 2.71. The van der Waals surface area contributed by atoms with Crippen LogP contribution in [0.25, 0.3) is 0 Å². The highest BCUT2D eigenvalue weighted by Gasteiger charge is 2.11. The Bertz CT molecular complexity index is 696. The summed E-state index contributed by atoms with van der Waals surface area (Å²) in [6, 6.07) is 8.16. The Balaban J connectivity index is 1.86. The van der Waals surface area contributed by atoms with Crippen molar-refractivity contribution in [2.75, 3.05) is 11.1 Å². The fourth-order valence-corrected chi connectivity index (χ4v) is 3.79. The largest absolute Gasteiger partial charge is 0.369 e. The molecule has 23 heavy (non-hydrogen) atoms. The molecule has 0 radical (unpaired) electrons. The molecule has 7 heteroatoms. The minimum atomic E-state index is -0.369. The number of rotatable bonds is 7. The van der Waals surface area contributed by atoms with Crippen LogP contribution in [-0.4, -0.2) is 22.6 Å². The first kappa shape index (κ1) is 17.5. The minimum absolute atomic E-state index is 0.0641. The standard InChI is InChI=1S/C16H19N3O2S2/c1-10-3-5-12(6-4-10)7-8-14(21)19-16-18-11(2)15(23-16)22-9-13(17)20/h3-6H,7-9H2,1-2H3,(H2,17,20)(H,18,19,21). The molecule has 0 aliphatic rings. The van der Waals surface area contributed by atoms with Crippen molar-refractivity contribution in [1.29, 1.82) is 0 Å². The van der Waals surface area contributed by atoms with Gasteiger partial charge in [-0.3, -0.25) is 9.59 Å². The molecule has 1 heterocycles. The van der Waals surface area contributed by atoms with Crippen LogP contribution in [0.1, 0.15) is 23.2 Å². The number of carbonyl (C=O) groups is 2. The molecular weight excluding hydrogens is 330 g/mol. The van der Waals surface area contributed by atoms with Crippen LogP contribution in [0.5, 0.6) is 0 Å². The number of amides is 2. The van der Waals surface area contributed by atoms with E-state index in [1.54, 1.807) is 0 Å². The number of hydrogen-bond donors (Lipinski definition) is 2. The zero-order valence-corrected chi connectivity index (χ0v) is 14.7. The van der Waals surface area contributed by atoms with E-state index in [0.29, 0.717) is 18.0 Å². The molecule has 0 atom stereocenters. The van der Waals surface area contributed by atoms with E-state index in [-0.39, 0.29) is 17.6 Å². The third kappa shape index (κ3) is 5.69. The zero-order valence-electron chi connectivity index (χ0n) is 13.1. The summed E-state index contributed by atoms with van der Waals surface area (Å²) in [7, 11) is 0. The van der Waals surface area contributed by atoms with Crippen LogP contribution in [0.4, 0.5) is 5.13 Å². The van der Waals surface area contributed by atoms with Gasteiger partial charge in [0.2, 0.25) is 11.8 Å². The molecule has 122 valence electrons. The number of nitrogens with zero attached hydrogens (tertiary/aromatic N) is 1. The second-order valence-electron chi connectivity index (χ2n) is 5.18. The first-order chi connectivity index (χ1) is 10.9. The van der Waals surface area contributed by atoms with Crippen molar-refractivity contribution in [3.63, 3.8) is 0 Å². The van der Waals surface area contributed by atoms with Crippen molar-refractivity contribution in [2.45, 2.75) is 30.9 Å². The van der Waals surface area contributed by atoms with Crippen molar-refractivity contribution in [1.82, 2.24) is 4.98 Å². The number of benzene rings is 1. The van der Waals surface area contributed by atoms with E-state index in [1.807, 2.05) is 38.1 Å². The van der Waals surface area contributed by atoms with Crippen LogP contribution in [0.2, 0.25) is 0 Å². The lowest BCUT2D eigenvalue weighted by Crippen LogP contribution is -2.12. The SMILES string of the molecule is Cc1ccc(CCC(=O)Nc2nc(C)c(SCC(N)=O)s2)cc1. The van der Waals surface area contributed by atoms with Crippen LogP contribution in [0, 0.1) is 13.8 Å². The van der Waals surface area contributed by atoms with Gasteiger partial charge in [0.1, 0.15) is 0 Å². The first-order valence-corrected chi connectivity index (χ1v) is 8.98. The van der Waals surface area contributed by atoms with Gasteiger partial charge in [-0.05, 0) is 25.8 Å². The van der Waals surface area contributed by atoms with E-state index < -0.39 is 0 Å². The Morgan fingerprint density at radius 2 is 1.96 bits per heavy atom. The maximum atomic E-state index is 12.0. The molecule has 0 saturated heterocycles. The Labute approximate surface area is 143 Å². The van der Waals surface area contributed by atoms with E-state index in [4.69, 9.17) is 5.73 Å². The number of anilines is 1. The van der Waals surface area contributed by atoms with E-state index in [1.165, 1.54) is 28.7 Å². The number of nitrogens with two attached hydrogens (primary N) is 1. The molecule has 0 unspecified atom stereocenters. The predicted octanol–water partition coefficient (Wildman–Crippen LogP) is 2.91. The molecule has 0 aliphatic carbocycles. The molecule has 1 aromatic carbocycles. The van der Waals surface area contributed by atoms with E-state index in [9.17, 15) is 9.59 Å². The number of carbonyl (C=O) groups excluding carboxylic acids is 2. The minimum Gasteiger partial charge on any atom is -0.369 e. The number of aryl methyl sites for hydroxylation is 3. The van der Waals surface area contributed by atoms with Crippen LogP contribution in [-0.2, 0) is 16.0 Å². The predicted molar refractivity (Wildman–Crippen MR) is 94.9 cm³/mol. The molecular formula is C16H19N3O2S2. The highest BCUT2D eigenvalue weighted by molar-refractivity contribution is 8.01. The van der Waals surface area contributed by atoms with Gasteiger partial charge in [-0.25, -0.2) is 4.98 Å². The second kappa shape index (κ2) is 8.12. The van der Waals surface area contributed by atoms with E-state index >= 15 is 0 Å². The van der Waals surface area contributed by atoms with Crippen LogP contribution >= 0.6 is 23.1 Å². The van der Waals surface area contributed by atoms with Gasteiger partial charge < -0.3 is 11.1 Å². The van der Waals surface area contributed by atoms with Crippen molar-refractivity contribution >= 4 is 40.0 Å². The lowest BCUT2D eigenvalue weighted by molar-refractivity contribution is -0.116. The van der Waals surface area contributed by atoms with Gasteiger partial charge in [-0.2, -0.15) is 0 Å². The highest BCUT2D eigenvalue weighted by atomic mass is 32.2. The third-order valence-corrected chi connectivity index (χ3v) is 5.56. The molecule has 2 rings (SSSR count). The van der Waals surface area contributed by atoms with Crippen molar-refractivity contribution in [3.05, 3.63) is 41.1 Å². The van der Waals surface area contributed by atoms with Gasteiger partial charge in [0.15, 0.2) is 5.13 Å². The van der Waals surface area contributed by atoms with Gasteiger partial charge in [-0.15, -0.1) is 11.8 Å². The molecule has 0 spiro atoms. The summed E-state index contributed by atoms with van der Waals surface area (Å²) in [6.07, 6.45) is 1.10. The smallest absolute Gasteiger partial charge is 0.227 e. The van der Waals surface area contributed by atoms with Crippen molar-refractivity contribution < 1.29 is 9.59 Å². The monoisotopic (exact) mass is 349 g/mol. The van der Waals surface area contributed by atoms with Gasteiger partial charge >= 0.3 is 0 Å². The third-order valence-electron chi connectivity index (χ3n) is 3.11. The number of thioether (sulfide) groups is 1. The molecule has 0 fully saturated rings. The normalized spacial score (nSPS) is 10.5. The molecule has 2 amide bonds. The Morgan fingerprint density at radius 3 is 2.61 bits per heavy atom. The van der Waals surface area contributed by atoms with E-state index in [0.717, 1.165) is 15.5 Å². The van der Waals surface area contributed by atoms with E-state index in [2.05, 4.69) is 10.3 Å². The maximum absolute atomic E-state index is 12.0. The topological polar surface area (TPSA) is 85.1 Å². The van der Waals surface area contributed by atoms with Gasteiger partial charge in [0, 0.05) is 6.42 Å². The first-order valence-electron chi connectivity index (χ1n) is 7.18. The maximum Gasteiger partial charge on any atom is 0.227 e. The second-order valence-corrected chi connectivity index (χ2v) is 7.42. The summed E-state index contributed by atoms with van der Waals surface area (Å²) in [5, 5.41) is 3.37. The lowest BCUT2D eigenvalue weighted by Gasteiger charge is -2.02. The van der Waals surface area contributed by atoms with Crippen LogP contribution in [0.15, 0.2) is 28.5 Å². The number of primary amides is 1. The summed E-state index contributed by atoms with van der Waals surface area (Å²) in [6.45, 7) is 3.89. The Kier molecular flexibility index (Phi) is 6.18. The van der Waals surface area contributed by atoms with Gasteiger partial charge in [0.25, 0.3) is 0 Å². The highest BCUT2D eigenvalue weighted by Crippen LogP contribution is 2.31. The molecule has 2 aromatic rings.